The lowest BCUT2D eigenvalue weighted by Crippen LogP contribution is -2.44. The molecule has 0 saturated carbocycles. The van der Waals surface area contributed by atoms with E-state index in [0.717, 1.165) is 18.5 Å². The van der Waals surface area contributed by atoms with Crippen LogP contribution in [0, 0.1) is 6.92 Å². The van der Waals surface area contributed by atoms with Crippen molar-refractivity contribution in [2.75, 3.05) is 13.1 Å². The van der Waals surface area contributed by atoms with Gasteiger partial charge in [-0.05, 0) is 63.9 Å². The van der Waals surface area contributed by atoms with E-state index in [-0.39, 0.29) is 17.1 Å². The number of aromatic nitrogens is 2. The number of ether oxygens (including phenoxy) is 2. The van der Waals surface area contributed by atoms with Crippen LogP contribution in [-0.4, -0.2) is 48.2 Å². The van der Waals surface area contributed by atoms with E-state index in [1.807, 2.05) is 26.8 Å². The monoisotopic (exact) mass is 391 g/mol. The second-order valence-electron chi connectivity index (χ2n) is 6.90. The molecule has 0 radical (unpaired) electrons. The van der Waals surface area contributed by atoms with Gasteiger partial charge in [0.25, 0.3) is 0 Å². The van der Waals surface area contributed by atoms with Crippen molar-refractivity contribution in [2.45, 2.75) is 50.7 Å². The molecule has 0 amide bonds. The molecular formula is C19H25N3O4S. The third-order valence-corrected chi connectivity index (χ3v) is 6.11. The number of aryl methyl sites for hydroxylation is 1. The first-order chi connectivity index (χ1) is 12.8. The predicted octanol–water partition coefficient (Wildman–Crippen LogP) is 2.80. The lowest BCUT2D eigenvalue weighted by atomic mass is 10.1. The van der Waals surface area contributed by atoms with E-state index in [1.165, 1.54) is 4.31 Å². The molecule has 1 atom stereocenters. The highest BCUT2D eigenvalue weighted by Gasteiger charge is 2.31. The van der Waals surface area contributed by atoms with Crippen LogP contribution in [0.5, 0.6) is 11.6 Å². The zero-order valence-corrected chi connectivity index (χ0v) is 16.6. The number of piperidine rings is 1. The Hall–Kier alpha value is -2.19. The molecule has 1 aromatic carbocycles. The van der Waals surface area contributed by atoms with E-state index in [2.05, 4.69) is 10.2 Å². The van der Waals surface area contributed by atoms with Crippen LogP contribution < -0.4 is 9.47 Å². The average Bonchev–Trinajstić information content (AvgIpc) is 2.64. The zero-order valence-electron chi connectivity index (χ0n) is 15.8. The third kappa shape index (κ3) is 4.95. The van der Waals surface area contributed by atoms with Gasteiger partial charge in [-0.1, -0.05) is 0 Å². The number of benzene rings is 1. The minimum Gasteiger partial charge on any atom is -0.491 e. The smallest absolute Gasteiger partial charge is 0.243 e. The minimum atomic E-state index is -3.58. The van der Waals surface area contributed by atoms with Gasteiger partial charge in [-0.25, -0.2) is 8.42 Å². The highest BCUT2D eigenvalue weighted by molar-refractivity contribution is 7.89. The molecule has 1 unspecified atom stereocenters. The summed E-state index contributed by atoms with van der Waals surface area (Å²) in [5, 5.41) is 7.97. The van der Waals surface area contributed by atoms with Crippen molar-refractivity contribution in [3.05, 3.63) is 42.1 Å². The third-order valence-electron chi connectivity index (χ3n) is 4.23. The molecule has 1 fully saturated rings. The van der Waals surface area contributed by atoms with E-state index in [4.69, 9.17) is 9.47 Å². The first-order valence-corrected chi connectivity index (χ1v) is 10.5. The second-order valence-corrected chi connectivity index (χ2v) is 8.83. The molecular weight excluding hydrogens is 366 g/mol. The maximum Gasteiger partial charge on any atom is 0.243 e. The van der Waals surface area contributed by atoms with Gasteiger partial charge >= 0.3 is 0 Å². The fourth-order valence-corrected chi connectivity index (χ4v) is 4.46. The van der Waals surface area contributed by atoms with Gasteiger partial charge in [0, 0.05) is 12.6 Å². The molecule has 0 aliphatic carbocycles. The van der Waals surface area contributed by atoms with Crippen LogP contribution in [0.3, 0.4) is 0 Å². The largest absolute Gasteiger partial charge is 0.491 e. The number of rotatable bonds is 6. The van der Waals surface area contributed by atoms with Gasteiger partial charge in [-0.3, -0.25) is 0 Å². The van der Waals surface area contributed by atoms with Crippen LogP contribution in [0.25, 0.3) is 0 Å². The summed E-state index contributed by atoms with van der Waals surface area (Å²) < 4.78 is 38.8. The SMILES string of the molecule is Cc1ccc(OC2CCCN(S(=O)(=O)c3ccc(OC(C)C)cc3)C2)nn1. The summed E-state index contributed by atoms with van der Waals surface area (Å²) in [6.07, 6.45) is 1.31. The first-order valence-electron chi connectivity index (χ1n) is 9.08. The maximum absolute atomic E-state index is 13.0. The van der Waals surface area contributed by atoms with Crippen molar-refractivity contribution >= 4 is 10.0 Å². The van der Waals surface area contributed by atoms with Crippen LogP contribution in [0.15, 0.2) is 41.3 Å². The van der Waals surface area contributed by atoms with Crippen LogP contribution in [-0.2, 0) is 10.0 Å². The first kappa shape index (κ1) is 19.6. The van der Waals surface area contributed by atoms with Crippen LogP contribution in [0.1, 0.15) is 32.4 Å². The minimum absolute atomic E-state index is 0.0392. The Bertz CT molecular complexity index is 852. The van der Waals surface area contributed by atoms with Gasteiger partial charge in [0.15, 0.2) is 0 Å². The van der Waals surface area contributed by atoms with Crippen molar-refractivity contribution in [3.8, 4) is 11.6 Å². The molecule has 2 aromatic rings. The quantitative estimate of drug-likeness (QED) is 0.753. The molecule has 0 spiro atoms. The summed E-state index contributed by atoms with van der Waals surface area (Å²) in [4.78, 5) is 0.259. The average molecular weight is 391 g/mol. The molecule has 0 bridgehead atoms. The van der Waals surface area contributed by atoms with Crippen molar-refractivity contribution in [1.82, 2.24) is 14.5 Å². The Labute approximate surface area is 160 Å². The van der Waals surface area contributed by atoms with E-state index < -0.39 is 10.0 Å². The summed E-state index contributed by atoms with van der Waals surface area (Å²) in [5.74, 6) is 1.07. The molecule has 0 N–H and O–H groups in total. The van der Waals surface area contributed by atoms with Crippen molar-refractivity contribution in [1.29, 1.82) is 0 Å². The summed E-state index contributed by atoms with van der Waals surface area (Å²) in [5.41, 5.74) is 0.806. The number of sulfonamides is 1. The number of hydrogen-bond donors (Lipinski definition) is 0. The van der Waals surface area contributed by atoms with Gasteiger partial charge in [0.05, 0.1) is 23.2 Å². The number of hydrogen-bond acceptors (Lipinski definition) is 6. The Morgan fingerprint density at radius 1 is 1.11 bits per heavy atom. The van der Waals surface area contributed by atoms with Crippen molar-refractivity contribution in [2.24, 2.45) is 0 Å². The summed E-state index contributed by atoms with van der Waals surface area (Å²) >= 11 is 0. The molecule has 1 aromatic heterocycles. The molecule has 1 saturated heterocycles. The standard InChI is InChI=1S/C19H25N3O4S/c1-14(2)25-16-7-9-18(10-8-16)27(23,24)22-12-4-5-17(13-22)26-19-11-6-15(3)20-21-19/h6-11,14,17H,4-5,12-13H2,1-3H3. The number of nitrogens with zero attached hydrogens (tertiary/aromatic N) is 3. The summed E-state index contributed by atoms with van der Waals surface area (Å²) in [6.45, 7) is 6.48. The van der Waals surface area contributed by atoms with Gasteiger partial charge in [-0.15, -0.1) is 5.10 Å². The molecule has 2 heterocycles. The second kappa shape index (κ2) is 8.22. The summed E-state index contributed by atoms with van der Waals surface area (Å²) in [6, 6.07) is 10.1. The van der Waals surface area contributed by atoms with Gasteiger partial charge in [-0.2, -0.15) is 9.40 Å². The molecule has 146 valence electrons. The van der Waals surface area contributed by atoms with Gasteiger partial charge < -0.3 is 9.47 Å². The van der Waals surface area contributed by atoms with E-state index in [1.54, 1.807) is 30.3 Å². The van der Waals surface area contributed by atoms with E-state index >= 15 is 0 Å². The van der Waals surface area contributed by atoms with Gasteiger partial charge in [0.2, 0.25) is 15.9 Å². The van der Waals surface area contributed by atoms with E-state index in [0.29, 0.717) is 24.7 Å². The summed E-state index contributed by atoms with van der Waals surface area (Å²) in [7, 11) is -3.58. The van der Waals surface area contributed by atoms with Crippen LogP contribution >= 0.6 is 0 Å². The Kier molecular flexibility index (Phi) is 5.96. The van der Waals surface area contributed by atoms with Crippen molar-refractivity contribution in [3.63, 3.8) is 0 Å². The predicted molar refractivity (Wildman–Crippen MR) is 101 cm³/mol. The Morgan fingerprint density at radius 2 is 1.85 bits per heavy atom. The molecule has 1 aliphatic heterocycles. The Balaban J connectivity index is 1.69. The van der Waals surface area contributed by atoms with Crippen LogP contribution in [0.4, 0.5) is 0 Å². The van der Waals surface area contributed by atoms with E-state index in [9.17, 15) is 8.42 Å². The fourth-order valence-electron chi connectivity index (χ4n) is 2.95. The topological polar surface area (TPSA) is 81.6 Å². The van der Waals surface area contributed by atoms with Gasteiger partial charge in [0.1, 0.15) is 11.9 Å². The maximum atomic E-state index is 13.0. The van der Waals surface area contributed by atoms with Crippen LogP contribution in [0.2, 0.25) is 0 Å². The molecule has 1 aliphatic rings. The molecule has 8 heteroatoms. The molecule has 27 heavy (non-hydrogen) atoms. The lowest BCUT2D eigenvalue weighted by Gasteiger charge is -2.31. The molecule has 7 nitrogen and oxygen atoms in total. The zero-order chi connectivity index (χ0) is 19.4. The lowest BCUT2D eigenvalue weighted by molar-refractivity contribution is 0.123. The highest BCUT2D eigenvalue weighted by atomic mass is 32.2. The normalized spacial score (nSPS) is 18.4. The highest BCUT2D eigenvalue weighted by Crippen LogP contribution is 2.24. The van der Waals surface area contributed by atoms with Crippen molar-refractivity contribution < 1.29 is 17.9 Å². The molecule has 3 rings (SSSR count). The Morgan fingerprint density at radius 3 is 2.48 bits per heavy atom. The fraction of sp³-hybridized carbons (Fsp3) is 0.474.